The van der Waals surface area contributed by atoms with Gasteiger partial charge in [-0.25, -0.2) is 0 Å². The number of anilines is 2. The van der Waals surface area contributed by atoms with E-state index in [4.69, 9.17) is 9.47 Å². The fraction of sp³-hybridized carbons (Fsp3) is 0.0833. The maximum Gasteiger partial charge on any atom is 0.140 e. The highest BCUT2D eigenvalue weighted by molar-refractivity contribution is 5.87. The van der Waals surface area contributed by atoms with Crippen molar-refractivity contribution < 1.29 is 9.47 Å². The summed E-state index contributed by atoms with van der Waals surface area (Å²) in [5.74, 6) is 3.69. The van der Waals surface area contributed by atoms with E-state index in [9.17, 15) is 0 Å². The van der Waals surface area contributed by atoms with Gasteiger partial charge in [0.05, 0.1) is 11.5 Å². The van der Waals surface area contributed by atoms with E-state index in [0.717, 1.165) is 74.2 Å². The molecule has 1 spiro atoms. The van der Waals surface area contributed by atoms with Gasteiger partial charge in [-0.2, -0.15) is 0 Å². The lowest BCUT2D eigenvalue weighted by Gasteiger charge is -2.45. The Labute approximate surface area is 303 Å². The number of hydrogen-bond donors (Lipinski definition) is 1. The number of nitrogens with one attached hydrogen (secondary N) is 1. The highest BCUT2D eigenvalue weighted by atomic mass is 16.5. The Hall–Kier alpha value is -6.52. The molecule has 3 unspecified atom stereocenters. The van der Waals surface area contributed by atoms with E-state index in [1.54, 1.807) is 0 Å². The van der Waals surface area contributed by atoms with Gasteiger partial charge in [-0.3, -0.25) is 0 Å². The molecule has 248 valence electrons. The normalized spacial score (nSPS) is 21.2. The predicted molar refractivity (Wildman–Crippen MR) is 209 cm³/mol. The average molecular weight is 671 g/mol. The topological polar surface area (TPSA) is 33.7 Å². The first-order valence-corrected chi connectivity index (χ1v) is 18.1. The van der Waals surface area contributed by atoms with Crippen LogP contribution < -0.4 is 19.7 Å². The molecule has 1 aliphatic carbocycles. The minimum absolute atomic E-state index is 0.126. The Bertz CT molecular complexity index is 2550. The van der Waals surface area contributed by atoms with Crippen LogP contribution in [0.5, 0.6) is 23.0 Å². The Morgan fingerprint density at radius 1 is 0.654 bits per heavy atom. The van der Waals surface area contributed by atoms with Gasteiger partial charge in [-0.05, 0) is 53.6 Å². The highest BCUT2D eigenvalue weighted by Crippen LogP contribution is 2.62. The number of hydrogen-bond acceptors (Lipinski definition) is 4. The molecular formula is C48H34N2O2. The average Bonchev–Trinajstić information content (AvgIpc) is 3.54. The van der Waals surface area contributed by atoms with Crippen molar-refractivity contribution in [1.29, 1.82) is 0 Å². The molecule has 3 atom stereocenters. The van der Waals surface area contributed by atoms with Gasteiger partial charge in [0.15, 0.2) is 0 Å². The summed E-state index contributed by atoms with van der Waals surface area (Å²) in [5, 5.41) is 3.53. The summed E-state index contributed by atoms with van der Waals surface area (Å²) < 4.78 is 13.9. The molecule has 0 fully saturated rings. The summed E-state index contributed by atoms with van der Waals surface area (Å²) in [6.07, 6.45) is 13.5. The smallest absolute Gasteiger partial charge is 0.140 e. The van der Waals surface area contributed by atoms with E-state index in [1.807, 2.05) is 0 Å². The summed E-state index contributed by atoms with van der Waals surface area (Å²) in [4.78, 5) is 2.49. The second-order valence-corrected chi connectivity index (χ2v) is 14.0. The van der Waals surface area contributed by atoms with Gasteiger partial charge in [0.2, 0.25) is 0 Å². The SMILES string of the molecule is C1=CCNC(c2ccc3c(c2)Oc2ccccc2C32c3ccccc3Oc3c(C4=CC5C(C=C4)c4ccccc4N5c4ccccc4)cccc32)=C1. The molecule has 6 aromatic carbocycles. The molecule has 0 radical (unpaired) electrons. The lowest BCUT2D eigenvalue weighted by Crippen LogP contribution is -2.37. The van der Waals surface area contributed by atoms with Crippen LogP contribution in [0.1, 0.15) is 44.9 Å². The number of dihydropyridines is 1. The first-order valence-electron chi connectivity index (χ1n) is 18.1. The minimum Gasteiger partial charge on any atom is -0.457 e. The second kappa shape index (κ2) is 11.2. The Kier molecular flexibility index (Phi) is 6.32. The maximum atomic E-state index is 7.07. The zero-order valence-electron chi connectivity index (χ0n) is 28.4. The third kappa shape index (κ3) is 4.09. The van der Waals surface area contributed by atoms with E-state index >= 15 is 0 Å². The molecule has 1 N–H and O–H groups in total. The molecule has 4 nitrogen and oxygen atoms in total. The molecular weight excluding hydrogens is 637 g/mol. The van der Waals surface area contributed by atoms with Crippen LogP contribution >= 0.6 is 0 Å². The third-order valence-corrected chi connectivity index (χ3v) is 11.3. The van der Waals surface area contributed by atoms with E-state index in [-0.39, 0.29) is 12.0 Å². The molecule has 0 aromatic heterocycles. The van der Waals surface area contributed by atoms with Crippen LogP contribution in [0.25, 0.3) is 11.3 Å². The zero-order chi connectivity index (χ0) is 34.2. The fourth-order valence-corrected chi connectivity index (χ4v) is 9.16. The van der Waals surface area contributed by atoms with E-state index in [2.05, 4.69) is 186 Å². The van der Waals surface area contributed by atoms with Crippen LogP contribution in [0.4, 0.5) is 11.4 Å². The van der Waals surface area contributed by atoms with Crippen LogP contribution in [0.3, 0.4) is 0 Å². The summed E-state index contributed by atoms with van der Waals surface area (Å²) in [6, 6.07) is 50.1. The summed E-state index contributed by atoms with van der Waals surface area (Å²) in [5.41, 5.74) is 12.0. The van der Waals surface area contributed by atoms with Crippen molar-refractivity contribution in [1.82, 2.24) is 5.32 Å². The number of allylic oxidation sites excluding steroid dienone is 4. The van der Waals surface area contributed by atoms with Gasteiger partial charge in [0.25, 0.3) is 0 Å². The molecule has 0 bridgehead atoms. The molecule has 4 heterocycles. The van der Waals surface area contributed by atoms with Crippen molar-refractivity contribution in [3.05, 3.63) is 215 Å². The first-order chi connectivity index (χ1) is 25.8. The van der Waals surface area contributed by atoms with Crippen LogP contribution in [0, 0.1) is 0 Å². The quantitative estimate of drug-likeness (QED) is 0.203. The molecule has 0 saturated heterocycles. The maximum absolute atomic E-state index is 7.07. The number of nitrogens with zero attached hydrogens (tertiary/aromatic N) is 1. The molecule has 5 aliphatic rings. The van der Waals surface area contributed by atoms with Crippen LogP contribution in [-0.2, 0) is 5.41 Å². The Balaban J connectivity index is 1.13. The lowest BCUT2D eigenvalue weighted by atomic mass is 9.62. The van der Waals surface area contributed by atoms with Crippen LogP contribution in [-0.4, -0.2) is 12.6 Å². The standard InChI is InChI=1S/C48H34N2O2/c1-2-13-33(14-3-1)50-42-21-7-4-15-35(42)36-26-24-31(29-43(36)50)34-16-12-19-40-47(34)52-45-23-9-6-18-38(45)48(40)37-17-5-8-22-44(37)51-46-30-32(25-27-39(46)48)41-20-10-11-28-49-41/h1-27,29-30,36,43,49H,28H2. The minimum atomic E-state index is -0.668. The van der Waals surface area contributed by atoms with Crippen molar-refractivity contribution in [2.24, 2.45) is 0 Å². The molecule has 52 heavy (non-hydrogen) atoms. The summed E-state index contributed by atoms with van der Waals surface area (Å²) in [7, 11) is 0. The number of ether oxygens (including phenoxy) is 2. The third-order valence-electron chi connectivity index (χ3n) is 11.3. The lowest BCUT2D eigenvalue weighted by molar-refractivity contribution is 0.398. The van der Waals surface area contributed by atoms with Crippen molar-refractivity contribution in [3.63, 3.8) is 0 Å². The number of benzene rings is 6. The van der Waals surface area contributed by atoms with Crippen molar-refractivity contribution in [3.8, 4) is 23.0 Å². The van der Waals surface area contributed by atoms with Gasteiger partial charge >= 0.3 is 0 Å². The van der Waals surface area contributed by atoms with Gasteiger partial charge in [-0.15, -0.1) is 0 Å². The Morgan fingerprint density at radius 2 is 1.38 bits per heavy atom. The molecule has 11 rings (SSSR count). The van der Waals surface area contributed by atoms with Crippen LogP contribution in [0.15, 0.2) is 176 Å². The van der Waals surface area contributed by atoms with Crippen molar-refractivity contribution in [2.75, 3.05) is 11.4 Å². The molecule has 6 aromatic rings. The van der Waals surface area contributed by atoms with Gasteiger partial charge < -0.3 is 19.7 Å². The van der Waals surface area contributed by atoms with Crippen molar-refractivity contribution in [2.45, 2.75) is 17.4 Å². The molecule has 4 heteroatoms. The number of para-hydroxylation sites is 5. The van der Waals surface area contributed by atoms with Crippen LogP contribution in [0.2, 0.25) is 0 Å². The predicted octanol–water partition coefficient (Wildman–Crippen LogP) is 11.0. The Morgan fingerprint density at radius 3 is 2.21 bits per heavy atom. The van der Waals surface area contributed by atoms with E-state index in [0.29, 0.717) is 0 Å². The second-order valence-electron chi connectivity index (χ2n) is 14.0. The molecule has 0 saturated carbocycles. The first kappa shape index (κ1) is 29.2. The van der Waals surface area contributed by atoms with E-state index < -0.39 is 5.41 Å². The number of fused-ring (bicyclic) bond motifs is 11. The zero-order valence-corrected chi connectivity index (χ0v) is 28.4. The van der Waals surface area contributed by atoms with Gasteiger partial charge in [-0.1, -0.05) is 134 Å². The monoisotopic (exact) mass is 670 g/mol. The van der Waals surface area contributed by atoms with Gasteiger partial charge in [0, 0.05) is 62.9 Å². The molecule has 0 amide bonds. The van der Waals surface area contributed by atoms with Crippen molar-refractivity contribution >= 4 is 22.6 Å². The fourth-order valence-electron chi connectivity index (χ4n) is 9.16. The summed E-state index contributed by atoms with van der Waals surface area (Å²) in [6.45, 7) is 0.804. The molecule has 4 aliphatic heterocycles. The van der Waals surface area contributed by atoms with Gasteiger partial charge in [0.1, 0.15) is 23.0 Å². The van der Waals surface area contributed by atoms with E-state index in [1.165, 1.54) is 16.9 Å². The highest BCUT2D eigenvalue weighted by Gasteiger charge is 2.51. The summed E-state index contributed by atoms with van der Waals surface area (Å²) >= 11 is 0. The number of rotatable bonds is 3. The largest absolute Gasteiger partial charge is 0.457 e.